The Labute approximate surface area is 136 Å². The van der Waals surface area contributed by atoms with Crippen molar-refractivity contribution < 1.29 is 4.79 Å². The first-order valence-corrected chi connectivity index (χ1v) is 9.09. The van der Waals surface area contributed by atoms with Crippen LogP contribution in [0.1, 0.15) is 46.5 Å². The van der Waals surface area contributed by atoms with Crippen molar-refractivity contribution in [3.8, 4) is 0 Å². The van der Waals surface area contributed by atoms with Gasteiger partial charge in [-0.15, -0.1) is 0 Å². The second kappa shape index (κ2) is 7.78. The molecule has 0 bridgehead atoms. The quantitative estimate of drug-likeness (QED) is 0.779. The Morgan fingerprint density at radius 1 is 1.14 bits per heavy atom. The number of hydrogen-bond acceptors (Lipinski definition) is 3. The van der Waals surface area contributed by atoms with Gasteiger partial charge in [-0.2, -0.15) is 0 Å². The van der Waals surface area contributed by atoms with Crippen LogP contribution in [0.3, 0.4) is 0 Å². The van der Waals surface area contributed by atoms with Gasteiger partial charge >= 0.3 is 0 Å². The summed E-state index contributed by atoms with van der Waals surface area (Å²) < 4.78 is 0. The van der Waals surface area contributed by atoms with E-state index in [9.17, 15) is 4.79 Å². The molecule has 1 saturated carbocycles. The zero-order valence-electron chi connectivity index (χ0n) is 15.2. The Kier molecular flexibility index (Phi) is 6.27. The second-order valence-electron chi connectivity index (χ2n) is 7.82. The fourth-order valence-corrected chi connectivity index (χ4v) is 4.24. The van der Waals surface area contributed by atoms with Crippen LogP contribution in [0, 0.1) is 11.8 Å². The fourth-order valence-electron chi connectivity index (χ4n) is 4.24. The predicted molar refractivity (Wildman–Crippen MR) is 91.9 cm³/mol. The molecule has 2 fully saturated rings. The minimum atomic E-state index is 0.218. The van der Waals surface area contributed by atoms with Crippen LogP contribution in [0.4, 0.5) is 0 Å². The lowest BCUT2D eigenvalue weighted by Crippen LogP contribution is -2.59. The molecule has 0 N–H and O–H groups in total. The minimum absolute atomic E-state index is 0.218. The first-order chi connectivity index (χ1) is 10.4. The largest absolute Gasteiger partial charge is 0.339 e. The van der Waals surface area contributed by atoms with Crippen molar-refractivity contribution in [1.82, 2.24) is 14.7 Å². The van der Waals surface area contributed by atoms with Crippen molar-refractivity contribution in [2.24, 2.45) is 11.8 Å². The Morgan fingerprint density at radius 2 is 1.68 bits per heavy atom. The van der Waals surface area contributed by atoms with Crippen molar-refractivity contribution in [2.45, 2.75) is 58.5 Å². The van der Waals surface area contributed by atoms with Gasteiger partial charge in [0, 0.05) is 44.2 Å². The highest BCUT2D eigenvalue weighted by atomic mass is 16.2. The molecule has 0 spiro atoms. The maximum atomic E-state index is 12.8. The first kappa shape index (κ1) is 17.7. The monoisotopic (exact) mass is 309 g/mol. The lowest BCUT2D eigenvalue weighted by atomic mass is 9.90. The van der Waals surface area contributed by atoms with E-state index in [1.807, 2.05) is 0 Å². The molecular weight excluding hydrogens is 274 g/mol. The lowest BCUT2D eigenvalue weighted by Gasteiger charge is -2.45. The van der Waals surface area contributed by atoms with E-state index < -0.39 is 0 Å². The Balaban J connectivity index is 1.90. The average Bonchev–Trinajstić information content (AvgIpc) is 2.98. The van der Waals surface area contributed by atoms with Crippen molar-refractivity contribution in [1.29, 1.82) is 0 Å². The third kappa shape index (κ3) is 4.23. The van der Waals surface area contributed by atoms with Gasteiger partial charge < -0.3 is 9.80 Å². The molecule has 22 heavy (non-hydrogen) atoms. The van der Waals surface area contributed by atoms with Crippen LogP contribution in [0.25, 0.3) is 0 Å². The molecule has 1 heterocycles. The molecule has 1 aliphatic heterocycles. The van der Waals surface area contributed by atoms with E-state index in [0.717, 1.165) is 26.2 Å². The van der Waals surface area contributed by atoms with E-state index in [1.165, 1.54) is 25.7 Å². The first-order valence-electron chi connectivity index (χ1n) is 9.09. The van der Waals surface area contributed by atoms with Gasteiger partial charge in [0.15, 0.2) is 0 Å². The number of nitrogens with zero attached hydrogens (tertiary/aromatic N) is 3. The van der Waals surface area contributed by atoms with Crippen LogP contribution in [0.2, 0.25) is 0 Å². The van der Waals surface area contributed by atoms with E-state index >= 15 is 0 Å². The van der Waals surface area contributed by atoms with E-state index in [4.69, 9.17) is 0 Å². The molecule has 3 atom stereocenters. The molecule has 0 aromatic heterocycles. The fraction of sp³-hybridized carbons (Fsp3) is 0.944. The van der Waals surface area contributed by atoms with Crippen LogP contribution >= 0.6 is 0 Å². The summed E-state index contributed by atoms with van der Waals surface area (Å²) in [6.07, 6.45) is 5.13. The Morgan fingerprint density at radius 3 is 2.18 bits per heavy atom. The van der Waals surface area contributed by atoms with Gasteiger partial charge in [0.05, 0.1) is 0 Å². The van der Waals surface area contributed by atoms with Gasteiger partial charge in [-0.05, 0) is 46.7 Å². The summed E-state index contributed by atoms with van der Waals surface area (Å²) in [4.78, 5) is 19.8. The summed E-state index contributed by atoms with van der Waals surface area (Å²) in [7, 11) is 4.25. The van der Waals surface area contributed by atoms with Crippen LogP contribution < -0.4 is 0 Å². The van der Waals surface area contributed by atoms with Crippen molar-refractivity contribution in [3.63, 3.8) is 0 Å². The normalized spacial score (nSPS) is 29.3. The highest BCUT2D eigenvalue weighted by Gasteiger charge is 2.35. The number of piperazine rings is 1. The maximum Gasteiger partial charge on any atom is 0.225 e. The summed E-state index contributed by atoms with van der Waals surface area (Å²) in [5.41, 5.74) is 0. The van der Waals surface area contributed by atoms with Crippen LogP contribution in [0.5, 0.6) is 0 Å². The highest BCUT2D eigenvalue weighted by Crippen LogP contribution is 2.32. The number of likely N-dealkylation sites (N-methyl/N-ethyl adjacent to an activating group) is 1. The number of hydrogen-bond donors (Lipinski definition) is 0. The molecule has 3 unspecified atom stereocenters. The molecule has 1 aliphatic carbocycles. The number of rotatable bonds is 5. The molecule has 0 aromatic carbocycles. The van der Waals surface area contributed by atoms with Gasteiger partial charge in [0.25, 0.3) is 0 Å². The molecule has 0 radical (unpaired) electrons. The Bertz CT molecular complexity index is 353. The van der Waals surface area contributed by atoms with Gasteiger partial charge in [0.1, 0.15) is 0 Å². The summed E-state index contributed by atoms with van der Waals surface area (Å²) in [6, 6.07) is 0.923. The number of carbonyl (C=O) groups excluding carboxylic acids is 1. The van der Waals surface area contributed by atoms with Gasteiger partial charge in [-0.1, -0.05) is 19.8 Å². The smallest absolute Gasteiger partial charge is 0.225 e. The highest BCUT2D eigenvalue weighted by molar-refractivity contribution is 5.79. The summed E-state index contributed by atoms with van der Waals surface area (Å²) in [6.45, 7) is 10.7. The van der Waals surface area contributed by atoms with Crippen molar-refractivity contribution >= 4 is 5.91 Å². The van der Waals surface area contributed by atoms with Gasteiger partial charge in [-0.25, -0.2) is 0 Å². The lowest BCUT2D eigenvalue weighted by molar-refractivity contribution is -0.141. The zero-order valence-corrected chi connectivity index (χ0v) is 15.2. The van der Waals surface area contributed by atoms with E-state index in [1.54, 1.807) is 0 Å². The van der Waals surface area contributed by atoms with Crippen LogP contribution in [0.15, 0.2) is 0 Å². The molecule has 2 aliphatic rings. The van der Waals surface area contributed by atoms with Crippen LogP contribution in [-0.2, 0) is 4.79 Å². The predicted octanol–water partition coefficient (Wildman–Crippen LogP) is 2.30. The number of carbonyl (C=O) groups is 1. The Hall–Kier alpha value is -0.610. The van der Waals surface area contributed by atoms with E-state index in [2.05, 4.69) is 49.6 Å². The molecule has 0 aromatic rings. The van der Waals surface area contributed by atoms with E-state index in [0.29, 0.717) is 23.9 Å². The minimum Gasteiger partial charge on any atom is -0.339 e. The molecule has 4 nitrogen and oxygen atoms in total. The molecule has 1 saturated heterocycles. The van der Waals surface area contributed by atoms with Crippen molar-refractivity contribution in [3.05, 3.63) is 0 Å². The molecular formula is C18H35N3O. The molecule has 128 valence electrons. The van der Waals surface area contributed by atoms with Gasteiger partial charge in [-0.3, -0.25) is 9.69 Å². The van der Waals surface area contributed by atoms with E-state index in [-0.39, 0.29) is 5.92 Å². The summed E-state index contributed by atoms with van der Waals surface area (Å²) >= 11 is 0. The molecule has 1 amide bonds. The maximum absolute atomic E-state index is 12.8. The molecule has 2 rings (SSSR count). The zero-order chi connectivity index (χ0) is 16.3. The number of amides is 1. The third-order valence-corrected chi connectivity index (χ3v) is 5.72. The second-order valence-corrected chi connectivity index (χ2v) is 7.82. The van der Waals surface area contributed by atoms with Crippen molar-refractivity contribution in [2.75, 3.05) is 40.3 Å². The topological polar surface area (TPSA) is 26.8 Å². The summed E-state index contributed by atoms with van der Waals surface area (Å²) in [5, 5.41) is 0. The van der Waals surface area contributed by atoms with Gasteiger partial charge in [0.2, 0.25) is 5.91 Å². The van der Waals surface area contributed by atoms with Crippen LogP contribution in [-0.4, -0.2) is 73.0 Å². The third-order valence-electron chi connectivity index (χ3n) is 5.72. The average molecular weight is 309 g/mol. The summed E-state index contributed by atoms with van der Waals surface area (Å²) in [5.74, 6) is 1.25. The SMILES string of the molecule is CC(C(=O)N1CC(C)N(CCN(C)C)C(C)C1)C1CCCC1. The standard InChI is InChI=1S/C18H35N3O/c1-14-12-20(13-15(2)21(14)11-10-19(4)5)18(22)16(3)17-8-6-7-9-17/h14-17H,6-13H2,1-5H3. The molecule has 4 heteroatoms.